The molecular formula is C31H34N6O2. The summed E-state index contributed by atoms with van der Waals surface area (Å²) in [6, 6.07) is 17.8. The highest BCUT2D eigenvalue weighted by atomic mass is 16.2. The van der Waals surface area contributed by atoms with E-state index in [9.17, 15) is 9.59 Å². The first-order valence-electron chi connectivity index (χ1n) is 13.7. The van der Waals surface area contributed by atoms with Gasteiger partial charge >= 0.3 is 0 Å². The molecule has 8 heteroatoms. The van der Waals surface area contributed by atoms with E-state index in [1.165, 1.54) is 16.8 Å². The normalized spacial score (nSPS) is 16.7. The van der Waals surface area contributed by atoms with Crippen LogP contribution in [0.25, 0.3) is 10.9 Å². The summed E-state index contributed by atoms with van der Waals surface area (Å²) in [6.07, 6.45) is 6.51. The molecule has 39 heavy (non-hydrogen) atoms. The number of aromatic amines is 1. The summed E-state index contributed by atoms with van der Waals surface area (Å²) in [4.78, 5) is 37.1. The average molecular weight is 523 g/mol. The van der Waals surface area contributed by atoms with Crippen LogP contribution in [0.2, 0.25) is 0 Å². The molecule has 6 rings (SSSR count). The van der Waals surface area contributed by atoms with Gasteiger partial charge in [-0.15, -0.1) is 0 Å². The predicted molar refractivity (Wildman–Crippen MR) is 151 cm³/mol. The predicted octanol–water partition coefficient (Wildman–Crippen LogP) is 3.61. The van der Waals surface area contributed by atoms with Gasteiger partial charge in [0.15, 0.2) is 0 Å². The van der Waals surface area contributed by atoms with E-state index >= 15 is 0 Å². The molecule has 0 bridgehead atoms. The van der Waals surface area contributed by atoms with Crippen molar-refractivity contribution >= 4 is 22.7 Å². The van der Waals surface area contributed by atoms with Crippen LogP contribution in [-0.4, -0.2) is 57.3 Å². The average Bonchev–Trinajstić information content (AvgIpc) is 3.32. The van der Waals surface area contributed by atoms with E-state index in [4.69, 9.17) is 5.73 Å². The van der Waals surface area contributed by atoms with Crippen LogP contribution in [0.1, 0.15) is 55.9 Å². The zero-order chi connectivity index (χ0) is 26.8. The molecule has 0 radical (unpaired) electrons. The van der Waals surface area contributed by atoms with Crippen LogP contribution in [-0.2, 0) is 26.1 Å². The number of carbonyl (C=O) groups excluding carboxylic acids is 2. The molecule has 0 saturated carbocycles. The van der Waals surface area contributed by atoms with Gasteiger partial charge in [0.2, 0.25) is 5.91 Å². The molecule has 0 unspecified atom stereocenters. The second kappa shape index (κ2) is 11.0. The van der Waals surface area contributed by atoms with Crippen LogP contribution in [0, 0.1) is 0 Å². The van der Waals surface area contributed by atoms with Gasteiger partial charge in [-0.05, 0) is 72.0 Å². The van der Waals surface area contributed by atoms with Gasteiger partial charge in [-0.3, -0.25) is 24.4 Å². The van der Waals surface area contributed by atoms with Gasteiger partial charge in [-0.25, -0.2) is 0 Å². The van der Waals surface area contributed by atoms with E-state index in [2.05, 4.69) is 37.2 Å². The number of nitrogens with one attached hydrogen (secondary N) is 2. The fourth-order valence-electron chi connectivity index (χ4n) is 5.83. The Labute approximate surface area is 228 Å². The molecule has 4 aromatic rings. The number of primary amides is 1. The molecule has 4 N–H and O–H groups in total. The number of aromatic nitrogens is 2. The number of hydrogen-bond acceptors (Lipinski definition) is 5. The van der Waals surface area contributed by atoms with Crippen molar-refractivity contribution < 1.29 is 9.59 Å². The Kier molecular flexibility index (Phi) is 7.13. The third-order valence-electron chi connectivity index (χ3n) is 8.04. The number of nitrogens with zero attached hydrogens (tertiary/aromatic N) is 3. The highest BCUT2D eigenvalue weighted by Crippen LogP contribution is 2.29. The lowest BCUT2D eigenvalue weighted by Gasteiger charge is -2.32. The second-order valence-corrected chi connectivity index (χ2v) is 10.7. The lowest BCUT2D eigenvalue weighted by atomic mass is 10.0. The topological polar surface area (TPSA) is 107 Å². The van der Waals surface area contributed by atoms with Crippen molar-refractivity contribution in [2.45, 2.75) is 44.9 Å². The van der Waals surface area contributed by atoms with Gasteiger partial charge in [-0.1, -0.05) is 12.1 Å². The zero-order valence-electron chi connectivity index (χ0n) is 22.0. The lowest BCUT2D eigenvalue weighted by molar-refractivity contribution is 0.0908. The van der Waals surface area contributed by atoms with Crippen LogP contribution >= 0.6 is 0 Å². The Morgan fingerprint density at radius 2 is 1.59 bits per heavy atom. The summed E-state index contributed by atoms with van der Waals surface area (Å²) in [5.74, 6) is -0.407. The molecular weight excluding hydrogens is 488 g/mol. The largest absolute Gasteiger partial charge is 0.366 e. The Morgan fingerprint density at radius 3 is 2.33 bits per heavy atom. The first-order chi connectivity index (χ1) is 19.0. The molecule has 200 valence electrons. The number of benzene rings is 2. The van der Waals surface area contributed by atoms with Gasteiger partial charge in [0.1, 0.15) is 0 Å². The molecule has 0 spiro atoms. The van der Waals surface area contributed by atoms with Gasteiger partial charge in [0, 0.05) is 91.8 Å². The molecule has 2 aliphatic rings. The van der Waals surface area contributed by atoms with Crippen LogP contribution in [0.15, 0.2) is 67.0 Å². The minimum atomic E-state index is -0.408. The fraction of sp³-hybridized carbons (Fsp3) is 0.323. The smallest absolute Gasteiger partial charge is 0.251 e. The molecule has 2 aliphatic heterocycles. The minimum absolute atomic E-state index is 0.00152. The summed E-state index contributed by atoms with van der Waals surface area (Å²) in [7, 11) is 0. The Bertz CT molecular complexity index is 1470. The molecule has 4 heterocycles. The molecule has 2 aromatic carbocycles. The van der Waals surface area contributed by atoms with Crippen molar-refractivity contribution in [2.24, 2.45) is 5.73 Å². The molecule has 1 saturated heterocycles. The second-order valence-electron chi connectivity index (χ2n) is 10.7. The summed E-state index contributed by atoms with van der Waals surface area (Å²) in [6.45, 7) is 5.43. The van der Waals surface area contributed by atoms with E-state index < -0.39 is 5.91 Å². The summed E-state index contributed by atoms with van der Waals surface area (Å²) in [5, 5.41) is 4.41. The van der Waals surface area contributed by atoms with E-state index in [0.717, 1.165) is 75.0 Å². The SMILES string of the molecule is NC(=O)c1ccc(CN2CCc3[nH]c4ccc(C(=O)NC5CCN(Cc6ccncc6)CC5)cc4c3C2)cc1. The van der Waals surface area contributed by atoms with E-state index in [-0.39, 0.29) is 11.9 Å². The Balaban J connectivity index is 1.09. The Morgan fingerprint density at radius 1 is 0.897 bits per heavy atom. The first-order valence-corrected chi connectivity index (χ1v) is 13.7. The molecule has 1 fully saturated rings. The third kappa shape index (κ3) is 5.72. The van der Waals surface area contributed by atoms with Crippen molar-refractivity contribution in [2.75, 3.05) is 19.6 Å². The van der Waals surface area contributed by atoms with Gasteiger partial charge in [0.05, 0.1) is 0 Å². The maximum absolute atomic E-state index is 13.2. The zero-order valence-corrected chi connectivity index (χ0v) is 22.0. The highest BCUT2D eigenvalue weighted by Gasteiger charge is 2.24. The van der Waals surface area contributed by atoms with Crippen molar-refractivity contribution in [3.05, 3.63) is 101 Å². The fourth-order valence-corrected chi connectivity index (χ4v) is 5.83. The number of pyridine rings is 1. The van der Waals surface area contributed by atoms with E-state index in [0.29, 0.717) is 11.1 Å². The monoisotopic (exact) mass is 522 g/mol. The third-order valence-corrected chi connectivity index (χ3v) is 8.04. The first kappa shape index (κ1) is 25.3. The maximum atomic E-state index is 13.2. The van der Waals surface area contributed by atoms with Gasteiger partial charge in [0.25, 0.3) is 5.91 Å². The van der Waals surface area contributed by atoms with Crippen LogP contribution in [0.5, 0.6) is 0 Å². The summed E-state index contributed by atoms with van der Waals surface area (Å²) < 4.78 is 0. The van der Waals surface area contributed by atoms with Crippen molar-refractivity contribution in [1.29, 1.82) is 0 Å². The molecule has 8 nitrogen and oxygen atoms in total. The number of piperidine rings is 1. The van der Waals surface area contributed by atoms with E-state index in [1.807, 2.05) is 42.7 Å². The van der Waals surface area contributed by atoms with Crippen molar-refractivity contribution in [1.82, 2.24) is 25.1 Å². The Hall–Kier alpha value is -4.01. The van der Waals surface area contributed by atoms with Crippen LogP contribution in [0.3, 0.4) is 0 Å². The standard InChI is InChI=1S/C31H34N6O2/c32-30(38)23-3-1-21(2-4-23)19-37-16-11-29-27(20-37)26-17-24(5-6-28(26)35-29)31(39)34-25-9-14-36(15-10-25)18-22-7-12-33-13-8-22/h1-8,12-13,17,25,35H,9-11,14-16,18-20H2,(H2,32,38)(H,34,39). The molecule has 0 atom stereocenters. The number of likely N-dealkylation sites (tertiary alicyclic amines) is 1. The number of hydrogen-bond donors (Lipinski definition) is 3. The van der Waals surface area contributed by atoms with Crippen LogP contribution in [0.4, 0.5) is 0 Å². The highest BCUT2D eigenvalue weighted by molar-refractivity contribution is 5.99. The van der Waals surface area contributed by atoms with E-state index in [1.54, 1.807) is 12.1 Å². The van der Waals surface area contributed by atoms with Crippen molar-refractivity contribution in [3.8, 4) is 0 Å². The number of nitrogens with two attached hydrogens (primary N) is 1. The minimum Gasteiger partial charge on any atom is -0.366 e. The molecule has 0 aliphatic carbocycles. The van der Waals surface area contributed by atoms with Crippen LogP contribution < -0.4 is 11.1 Å². The maximum Gasteiger partial charge on any atom is 0.251 e. The summed E-state index contributed by atoms with van der Waals surface area (Å²) in [5.41, 5.74) is 12.6. The number of amides is 2. The van der Waals surface area contributed by atoms with Gasteiger partial charge < -0.3 is 16.0 Å². The number of carbonyl (C=O) groups is 2. The summed E-state index contributed by atoms with van der Waals surface area (Å²) >= 11 is 0. The quantitative estimate of drug-likeness (QED) is 0.344. The molecule has 2 amide bonds. The number of H-pyrrole nitrogens is 1. The number of fused-ring (bicyclic) bond motifs is 3. The van der Waals surface area contributed by atoms with Gasteiger partial charge in [-0.2, -0.15) is 0 Å². The number of rotatable bonds is 7. The molecule has 2 aromatic heterocycles. The lowest BCUT2D eigenvalue weighted by Crippen LogP contribution is -2.44. The van der Waals surface area contributed by atoms with Crippen molar-refractivity contribution in [3.63, 3.8) is 0 Å².